The van der Waals surface area contributed by atoms with Gasteiger partial charge in [0.2, 0.25) is 10.0 Å². The molecular weight excluding hydrogens is 284 g/mol. The van der Waals surface area contributed by atoms with Crippen molar-refractivity contribution < 1.29 is 8.42 Å². The van der Waals surface area contributed by atoms with Crippen molar-refractivity contribution in [3.63, 3.8) is 0 Å². The van der Waals surface area contributed by atoms with Crippen molar-refractivity contribution in [1.82, 2.24) is 10.0 Å². The van der Waals surface area contributed by atoms with E-state index in [-0.39, 0.29) is 5.54 Å². The number of hydrogen-bond acceptors (Lipinski definition) is 3. The highest BCUT2D eigenvalue weighted by molar-refractivity contribution is 7.89. The molecule has 1 rings (SSSR count). The van der Waals surface area contributed by atoms with Crippen LogP contribution in [-0.4, -0.2) is 20.5 Å². The molecule has 0 unspecified atom stereocenters. The minimum absolute atomic E-state index is 0.345. The summed E-state index contributed by atoms with van der Waals surface area (Å²) < 4.78 is 28.1. The molecule has 0 radical (unpaired) electrons. The summed E-state index contributed by atoms with van der Waals surface area (Å²) in [6, 6.07) is 7.14. The van der Waals surface area contributed by atoms with Crippen LogP contribution in [0.4, 0.5) is 0 Å². The third-order valence-corrected chi connectivity index (χ3v) is 5.75. The summed E-state index contributed by atoms with van der Waals surface area (Å²) in [7, 11) is -3.48. The van der Waals surface area contributed by atoms with Crippen LogP contribution in [0.5, 0.6) is 0 Å². The molecule has 0 saturated heterocycles. The van der Waals surface area contributed by atoms with Crippen molar-refractivity contribution in [2.75, 3.05) is 6.54 Å². The maximum Gasteiger partial charge on any atom is 0.241 e. The van der Waals surface area contributed by atoms with Gasteiger partial charge in [-0.05, 0) is 43.5 Å². The fraction of sp³-hybridized carbons (Fsp3) is 0.625. The molecule has 0 aliphatic heterocycles. The molecule has 0 aromatic heterocycles. The first-order chi connectivity index (χ1) is 9.93. The highest BCUT2D eigenvalue weighted by atomic mass is 32.2. The molecular formula is C16H28N2O2S. The molecule has 120 valence electrons. The van der Waals surface area contributed by atoms with E-state index < -0.39 is 10.0 Å². The van der Waals surface area contributed by atoms with Crippen LogP contribution in [-0.2, 0) is 16.6 Å². The van der Waals surface area contributed by atoms with Crippen LogP contribution in [0.25, 0.3) is 0 Å². The van der Waals surface area contributed by atoms with Crippen molar-refractivity contribution in [3.8, 4) is 0 Å². The molecule has 0 heterocycles. The Balaban J connectivity index is 3.02. The maximum absolute atomic E-state index is 12.6. The SMILES string of the molecule is CCNCc1cccc(S(=O)(=O)NC(CC)(CC)CC)c1. The van der Waals surface area contributed by atoms with E-state index >= 15 is 0 Å². The van der Waals surface area contributed by atoms with Gasteiger partial charge in [0.15, 0.2) is 0 Å². The largest absolute Gasteiger partial charge is 0.313 e. The molecule has 21 heavy (non-hydrogen) atoms. The van der Waals surface area contributed by atoms with Gasteiger partial charge in [0.25, 0.3) is 0 Å². The van der Waals surface area contributed by atoms with Crippen molar-refractivity contribution in [2.24, 2.45) is 0 Å². The van der Waals surface area contributed by atoms with Crippen LogP contribution in [0.2, 0.25) is 0 Å². The number of benzene rings is 1. The van der Waals surface area contributed by atoms with Gasteiger partial charge in [-0.15, -0.1) is 0 Å². The zero-order valence-electron chi connectivity index (χ0n) is 13.6. The zero-order chi connectivity index (χ0) is 15.9. The van der Waals surface area contributed by atoms with Crippen LogP contribution in [0, 0.1) is 0 Å². The van der Waals surface area contributed by atoms with Gasteiger partial charge in [-0.1, -0.05) is 39.8 Å². The van der Waals surface area contributed by atoms with Gasteiger partial charge >= 0.3 is 0 Å². The summed E-state index contributed by atoms with van der Waals surface area (Å²) in [5.41, 5.74) is 0.631. The Morgan fingerprint density at radius 2 is 1.67 bits per heavy atom. The van der Waals surface area contributed by atoms with E-state index in [0.717, 1.165) is 31.4 Å². The van der Waals surface area contributed by atoms with Crippen molar-refractivity contribution in [3.05, 3.63) is 29.8 Å². The van der Waals surface area contributed by atoms with Gasteiger partial charge in [0.05, 0.1) is 4.90 Å². The van der Waals surface area contributed by atoms with Crippen LogP contribution in [0.15, 0.2) is 29.2 Å². The molecule has 0 amide bonds. The number of nitrogens with one attached hydrogen (secondary N) is 2. The third kappa shape index (κ3) is 4.80. The van der Waals surface area contributed by atoms with Gasteiger partial charge in [0.1, 0.15) is 0 Å². The van der Waals surface area contributed by atoms with E-state index in [4.69, 9.17) is 0 Å². The molecule has 0 saturated carbocycles. The molecule has 5 heteroatoms. The van der Waals surface area contributed by atoms with Crippen LogP contribution in [0.3, 0.4) is 0 Å². The average molecular weight is 312 g/mol. The molecule has 0 aliphatic carbocycles. The van der Waals surface area contributed by atoms with Crippen LogP contribution < -0.4 is 10.0 Å². The Labute approximate surface area is 129 Å². The summed E-state index contributed by atoms with van der Waals surface area (Å²) in [6.07, 6.45) is 2.36. The van der Waals surface area contributed by atoms with E-state index in [1.807, 2.05) is 33.8 Å². The zero-order valence-corrected chi connectivity index (χ0v) is 14.4. The monoisotopic (exact) mass is 312 g/mol. The minimum atomic E-state index is -3.48. The van der Waals surface area contributed by atoms with Crippen LogP contribution in [0.1, 0.15) is 52.5 Å². The van der Waals surface area contributed by atoms with E-state index in [1.54, 1.807) is 18.2 Å². The Bertz CT molecular complexity index is 529. The second-order valence-electron chi connectivity index (χ2n) is 5.37. The summed E-state index contributed by atoms with van der Waals surface area (Å²) in [5.74, 6) is 0. The normalized spacial score (nSPS) is 12.6. The van der Waals surface area contributed by atoms with E-state index in [1.165, 1.54) is 0 Å². The molecule has 0 aliphatic rings. The summed E-state index contributed by atoms with van der Waals surface area (Å²) in [6.45, 7) is 9.64. The lowest BCUT2D eigenvalue weighted by Crippen LogP contribution is -2.46. The Morgan fingerprint density at radius 1 is 1.05 bits per heavy atom. The second kappa shape index (κ2) is 7.92. The van der Waals surface area contributed by atoms with E-state index in [9.17, 15) is 8.42 Å². The van der Waals surface area contributed by atoms with E-state index in [0.29, 0.717) is 11.4 Å². The summed E-state index contributed by atoms with van der Waals surface area (Å²) >= 11 is 0. The Hall–Kier alpha value is -0.910. The summed E-state index contributed by atoms with van der Waals surface area (Å²) in [4.78, 5) is 0.345. The third-order valence-electron chi connectivity index (χ3n) is 4.17. The molecule has 1 aromatic rings. The Morgan fingerprint density at radius 3 is 2.19 bits per heavy atom. The molecule has 0 atom stereocenters. The number of sulfonamides is 1. The number of hydrogen-bond donors (Lipinski definition) is 2. The van der Waals surface area contributed by atoms with Gasteiger partial charge in [-0.3, -0.25) is 0 Å². The van der Waals surface area contributed by atoms with Crippen molar-refractivity contribution >= 4 is 10.0 Å². The molecule has 0 fully saturated rings. The van der Waals surface area contributed by atoms with Gasteiger partial charge in [-0.25, -0.2) is 13.1 Å². The number of rotatable bonds is 9. The maximum atomic E-state index is 12.6. The molecule has 0 bridgehead atoms. The quantitative estimate of drug-likeness (QED) is 0.737. The lowest BCUT2D eigenvalue weighted by molar-refractivity contribution is 0.341. The highest BCUT2D eigenvalue weighted by Crippen LogP contribution is 2.23. The highest BCUT2D eigenvalue weighted by Gasteiger charge is 2.30. The summed E-state index contributed by atoms with van der Waals surface area (Å²) in [5, 5.41) is 3.21. The lowest BCUT2D eigenvalue weighted by Gasteiger charge is -2.31. The predicted octanol–water partition coefficient (Wildman–Crippen LogP) is 3.04. The molecule has 0 spiro atoms. The van der Waals surface area contributed by atoms with E-state index in [2.05, 4.69) is 10.0 Å². The average Bonchev–Trinajstić information content (AvgIpc) is 2.51. The standard InChI is InChI=1S/C16H28N2O2S/c1-5-16(6-2,7-3)18-21(19,20)15-11-9-10-14(12-15)13-17-8-4/h9-12,17-18H,5-8,13H2,1-4H3. The van der Waals surface area contributed by atoms with Crippen LogP contribution >= 0.6 is 0 Å². The molecule has 4 nitrogen and oxygen atoms in total. The first kappa shape index (κ1) is 18.1. The fourth-order valence-electron chi connectivity index (χ4n) is 2.40. The first-order valence-corrected chi connectivity index (χ1v) is 9.25. The topological polar surface area (TPSA) is 58.2 Å². The van der Waals surface area contributed by atoms with Gasteiger partial charge < -0.3 is 5.32 Å². The van der Waals surface area contributed by atoms with Gasteiger partial charge in [-0.2, -0.15) is 0 Å². The Kier molecular flexibility index (Phi) is 6.84. The molecule has 1 aromatic carbocycles. The minimum Gasteiger partial charge on any atom is -0.313 e. The fourth-order valence-corrected chi connectivity index (χ4v) is 4.09. The molecule has 2 N–H and O–H groups in total. The lowest BCUT2D eigenvalue weighted by atomic mass is 9.91. The van der Waals surface area contributed by atoms with Gasteiger partial charge in [0, 0.05) is 12.1 Å². The first-order valence-electron chi connectivity index (χ1n) is 7.76. The van der Waals surface area contributed by atoms with Crippen molar-refractivity contribution in [2.45, 2.75) is 63.9 Å². The van der Waals surface area contributed by atoms with Crippen molar-refractivity contribution in [1.29, 1.82) is 0 Å². The smallest absolute Gasteiger partial charge is 0.241 e. The predicted molar refractivity (Wildman–Crippen MR) is 87.7 cm³/mol. The second-order valence-corrected chi connectivity index (χ2v) is 7.06.